The standard InChI is InChI=1S/C26H22BrN3O6S/c1-35-26(34)21-18-7-3-5-9-20(18)37-24(21)29-22(31)23(32)30-28-14-15-10-12-16(13-11-15)36-25(33)17-6-2-4-8-19(17)27/h2,4,6,8,10-14H,3,5,7,9H2,1H3,(H,29,31)(H,30,32)/b28-14+. The highest BCUT2D eigenvalue weighted by Gasteiger charge is 2.28. The minimum atomic E-state index is -0.988. The van der Waals surface area contributed by atoms with Gasteiger partial charge in [0.1, 0.15) is 10.8 Å². The number of fused-ring (bicyclic) bond motifs is 1. The van der Waals surface area contributed by atoms with Crippen LogP contribution in [-0.2, 0) is 27.2 Å². The third kappa shape index (κ3) is 6.30. The van der Waals surface area contributed by atoms with Crippen molar-refractivity contribution in [2.75, 3.05) is 12.4 Å². The predicted octanol–water partition coefficient (Wildman–Crippen LogP) is 4.48. The summed E-state index contributed by atoms with van der Waals surface area (Å²) >= 11 is 4.60. The minimum absolute atomic E-state index is 0.301. The van der Waals surface area contributed by atoms with Crippen LogP contribution in [0.25, 0.3) is 0 Å². The lowest BCUT2D eigenvalue weighted by Crippen LogP contribution is -2.32. The van der Waals surface area contributed by atoms with E-state index in [1.54, 1.807) is 48.5 Å². The molecule has 2 amide bonds. The monoisotopic (exact) mass is 583 g/mol. The van der Waals surface area contributed by atoms with Gasteiger partial charge in [-0.25, -0.2) is 15.0 Å². The van der Waals surface area contributed by atoms with Crippen LogP contribution in [0.3, 0.4) is 0 Å². The highest BCUT2D eigenvalue weighted by atomic mass is 79.9. The number of methoxy groups -OCH3 is 1. The summed E-state index contributed by atoms with van der Waals surface area (Å²) in [6.45, 7) is 0. The average molecular weight is 584 g/mol. The van der Waals surface area contributed by atoms with Gasteiger partial charge in [0.2, 0.25) is 0 Å². The molecule has 0 saturated heterocycles. The quantitative estimate of drug-likeness (QED) is 0.145. The number of nitrogens with one attached hydrogen (secondary N) is 2. The first-order chi connectivity index (χ1) is 17.9. The van der Waals surface area contributed by atoms with Crippen molar-refractivity contribution >= 4 is 62.2 Å². The second kappa shape index (κ2) is 11.9. The van der Waals surface area contributed by atoms with E-state index in [9.17, 15) is 19.2 Å². The van der Waals surface area contributed by atoms with Gasteiger partial charge in [0.05, 0.1) is 24.5 Å². The van der Waals surface area contributed by atoms with Crippen LogP contribution >= 0.6 is 27.3 Å². The van der Waals surface area contributed by atoms with E-state index < -0.39 is 23.8 Å². The molecule has 37 heavy (non-hydrogen) atoms. The largest absolute Gasteiger partial charge is 0.465 e. The van der Waals surface area contributed by atoms with Crippen LogP contribution in [0.1, 0.15) is 49.6 Å². The molecule has 0 bridgehead atoms. The number of anilines is 1. The fourth-order valence-corrected chi connectivity index (χ4v) is 5.48. The summed E-state index contributed by atoms with van der Waals surface area (Å²) in [6.07, 6.45) is 4.84. The summed E-state index contributed by atoms with van der Waals surface area (Å²) in [5, 5.41) is 6.62. The molecular formula is C26H22BrN3O6S. The number of hydrogen-bond donors (Lipinski definition) is 2. The average Bonchev–Trinajstić information content (AvgIpc) is 3.27. The Bertz CT molecular complexity index is 1380. The molecule has 0 radical (unpaired) electrons. The smallest absolute Gasteiger partial charge is 0.344 e. The summed E-state index contributed by atoms with van der Waals surface area (Å²) in [5.41, 5.74) is 4.35. The van der Waals surface area contributed by atoms with Gasteiger partial charge in [-0.15, -0.1) is 11.3 Å². The number of carbonyl (C=O) groups is 4. The molecule has 4 rings (SSSR count). The van der Waals surface area contributed by atoms with Gasteiger partial charge in [-0.2, -0.15) is 5.10 Å². The van der Waals surface area contributed by atoms with Crippen molar-refractivity contribution in [2.45, 2.75) is 25.7 Å². The number of benzene rings is 2. The molecule has 0 unspecified atom stereocenters. The van der Waals surface area contributed by atoms with Crippen molar-refractivity contribution in [3.63, 3.8) is 0 Å². The second-order valence-electron chi connectivity index (χ2n) is 8.00. The maximum absolute atomic E-state index is 12.4. The number of nitrogens with zero attached hydrogens (tertiary/aromatic N) is 1. The molecule has 2 aromatic carbocycles. The highest BCUT2D eigenvalue weighted by molar-refractivity contribution is 9.10. The molecule has 9 nitrogen and oxygen atoms in total. The van der Waals surface area contributed by atoms with Gasteiger partial charge in [0, 0.05) is 9.35 Å². The predicted molar refractivity (Wildman–Crippen MR) is 142 cm³/mol. The van der Waals surface area contributed by atoms with E-state index in [1.165, 1.54) is 24.7 Å². The molecule has 0 saturated carbocycles. The van der Waals surface area contributed by atoms with Gasteiger partial charge in [-0.1, -0.05) is 12.1 Å². The molecule has 2 N–H and O–H groups in total. The van der Waals surface area contributed by atoms with E-state index in [0.717, 1.165) is 36.1 Å². The molecule has 0 spiro atoms. The zero-order valence-electron chi connectivity index (χ0n) is 19.7. The zero-order valence-corrected chi connectivity index (χ0v) is 22.1. The van der Waals surface area contributed by atoms with Gasteiger partial charge in [-0.05, 0) is 89.1 Å². The molecule has 1 heterocycles. The SMILES string of the molecule is COC(=O)c1c(NC(=O)C(=O)N/N=C/c2ccc(OC(=O)c3ccccc3Br)cc2)sc2c1CCCC2. The van der Waals surface area contributed by atoms with Gasteiger partial charge >= 0.3 is 23.8 Å². The first kappa shape index (κ1) is 26.2. The van der Waals surface area contributed by atoms with E-state index in [-0.39, 0.29) is 0 Å². The number of hydrogen-bond acceptors (Lipinski definition) is 8. The molecule has 0 fully saturated rings. The Hall–Kier alpha value is -3.83. The number of halogens is 1. The first-order valence-corrected chi connectivity index (χ1v) is 12.9. The highest BCUT2D eigenvalue weighted by Crippen LogP contribution is 2.38. The van der Waals surface area contributed by atoms with Gasteiger partial charge in [-0.3, -0.25) is 9.59 Å². The van der Waals surface area contributed by atoms with Gasteiger partial charge in [0.15, 0.2) is 0 Å². The first-order valence-electron chi connectivity index (χ1n) is 11.3. The van der Waals surface area contributed by atoms with Crippen molar-refractivity contribution in [3.05, 3.63) is 80.1 Å². The second-order valence-corrected chi connectivity index (χ2v) is 9.96. The van der Waals surface area contributed by atoms with E-state index in [2.05, 4.69) is 31.8 Å². The van der Waals surface area contributed by atoms with Crippen LogP contribution in [0.2, 0.25) is 0 Å². The van der Waals surface area contributed by atoms with Crippen molar-refractivity contribution < 1.29 is 28.7 Å². The van der Waals surface area contributed by atoms with Crippen LogP contribution in [0.5, 0.6) is 5.75 Å². The van der Waals surface area contributed by atoms with Crippen LogP contribution in [-0.4, -0.2) is 37.1 Å². The number of amides is 2. The molecule has 190 valence electrons. The lowest BCUT2D eigenvalue weighted by Gasteiger charge is -2.11. The van der Waals surface area contributed by atoms with Crippen molar-refractivity contribution in [2.24, 2.45) is 5.10 Å². The van der Waals surface area contributed by atoms with Gasteiger partial charge < -0.3 is 14.8 Å². The normalized spacial score (nSPS) is 12.5. The number of thiophene rings is 1. The number of carbonyl (C=O) groups excluding carboxylic acids is 4. The lowest BCUT2D eigenvalue weighted by atomic mass is 9.95. The third-order valence-corrected chi connectivity index (χ3v) is 7.46. The topological polar surface area (TPSA) is 123 Å². The third-order valence-electron chi connectivity index (χ3n) is 5.56. The summed E-state index contributed by atoms with van der Waals surface area (Å²) in [4.78, 5) is 50.3. The summed E-state index contributed by atoms with van der Waals surface area (Å²) in [7, 11) is 1.28. The van der Waals surface area contributed by atoms with E-state index in [1.807, 2.05) is 0 Å². The molecule has 1 aliphatic rings. The number of ether oxygens (including phenoxy) is 2. The fourth-order valence-electron chi connectivity index (χ4n) is 3.76. The molecule has 1 aromatic heterocycles. The Labute approximate surface area is 225 Å². The van der Waals surface area contributed by atoms with E-state index in [4.69, 9.17) is 9.47 Å². The number of rotatable bonds is 6. The number of esters is 2. The number of aryl methyl sites for hydroxylation is 1. The molecule has 3 aromatic rings. The van der Waals surface area contributed by atoms with Crippen LogP contribution in [0.15, 0.2) is 58.1 Å². The van der Waals surface area contributed by atoms with Crippen LogP contribution < -0.4 is 15.5 Å². The van der Waals surface area contributed by atoms with Crippen molar-refractivity contribution in [1.82, 2.24) is 5.43 Å². The summed E-state index contributed by atoms with van der Waals surface area (Å²) in [6, 6.07) is 13.4. The molecule has 1 aliphatic carbocycles. The Morgan fingerprint density at radius 3 is 2.43 bits per heavy atom. The maximum atomic E-state index is 12.4. The van der Waals surface area contributed by atoms with Crippen molar-refractivity contribution in [3.8, 4) is 5.75 Å². The lowest BCUT2D eigenvalue weighted by molar-refractivity contribution is -0.136. The van der Waals surface area contributed by atoms with E-state index >= 15 is 0 Å². The van der Waals surface area contributed by atoms with Crippen LogP contribution in [0.4, 0.5) is 5.00 Å². The summed E-state index contributed by atoms with van der Waals surface area (Å²) < 4.78 is 10.9. The summed E-state index contributed by atoms with van der Waals surface area (Å²) in [5.74, 6) is -2.65. The Kier molecular flexibility index (Phi) is 8.47. The Morgan fingerprint density at radius 2 is 1.70 bits per heavy atom. The Morgan fingerprint density at radius 1 is 0.973 bits per heavy atom. The van der Waals surface area contributed by atoms with Gasteiger partial charge in [0.25, 0.3) is 0 Å². The van der Waals surface area contributed by atoms with E-state index in [0.29, 0.717) is 31.9 Å². The minimum Gasteiger partial charge on any atom is -0.465 e. The molecule has 0 aliphatic heterocycles. The van der Waals surface area contributed by atoms with Crippen molar-refractivity contribution in [1.29, 1.82) is 0 Å². The molecular weight excluding hydrogens is 562 g/mol. The number of hydrazone groups is 1. The molecule has 0 atom stereocenters. The molecule has 11 heteroatoms. The van der Waals surface area contributed by atoms with Crippen LogP contribution in [0, 0.1) is 0 Å². The zero-order chi connectivity index (χ0) is 26.4. The maximum Gasteiger partial charge on any atom is 0.344 e. The Balaban J connectivity index is 1.34. The fraction of sp³-hybridized carbons (Fsp3) is 0.192.